The van der Waals surface area contributed by atoms with Crippen molar-refractivity contribution in [2.45, 2.75) is 30.5 Å². The van der Waals surface area contributed by atoms with Crippen LogP contribution in [0, 0.1) is 13.8 Å². The Balaban J connectivity index is 1.68. The zero-order valence-electron chi connectivity index (χ0n) is 16.2. The lowest BCUT2D eigenvalue weighted by atomic mass is 10.1. The van der Waals surface area contributed by atoms with Crippen molar-refractivity contribution in [2.75, 3.05) is 24.5 Å². The molecule has 1 aromatic carbocycles. The average molecular weight is 492 g/mol. The summed E-state index contributed by atoms with van der Waals surface area (Å²) in [5.74, 6) is 2.07. The third-order valence-corrected chi connectivity index (χ3v) is 7.69. The highest BCUT2D eigenvalue weighted by molar-refractivity contribution is 9.10. The molecular formula is C20H22BrN5OS2. The van der Waals surface area contributed by atoms with Gasteiger partial charge in [-0.1, -0.05) is 15.9 Å². The number of thiophene rings is 1. The molecule has 3 N–H and O–H groups in total. The largest absolute Gasteiger partial charge is 0.368 e. The average Bonchev–Trinajstić information content (AvgIpc) is 3.00. The monoisotopic (exact) mass is 491 g/mol. The van der Waals surface area contributed by atoms with Gasteiger partial charge in [-0.3, -0.25) is 4.79 Å². The van der Waals surface area contributed by atoms with Crippen molar-refractivity contribution in [3.05, 3.63) is 45.0 Å². The SMILES string of the molecule is Cc1sc2nc(CSc3ccc(Br)cc3)nc(N3CCNC(C(N)=O)C3)c2c1C. The standard InChI is InChI=1S/C20H22BrN5OS2/c1-11-12(2)29-20-17(11)19(26-8-7-23-15(9-26)18(22)27)24-16(25-20)10-28-14-5-3-13(21)4-6-14/h3-6,15,23H,7-10H2,1-2H3,(H2,22,27). The Hall–Kier alpha value is -1.68. The molecule has 0 radical (unpaired) electrons. The number of nitrogens with two attached hydrogens (primary N) is 1. The van der Waals surface area contributed by atoms with Crippen molar-refractivity contribution in [3.63, 3.8) is 0 Å². The van der Waals surface area contributed by atoms with Gasteiger partial charge < -0.3 is 16.0 Å². The summed E-state index contributed by atoms with van der Waals surface area (Å²) in [6.45, 7) is 6.24. The molecule has 29 heavy (non-hydrogen) atoms. The number of hydrogen-bond acceptors (Lipinski definition) is 7. The quantitative estimate of drug-likeness (QED) is 0.530. The summed E-state index contributed by atoms with van der Waals surface area (Å²) in [6, 6.07) is 7.88. The van der Waals surface area contributed by atoms with Crippen molar-refractivity contribution in [1.29, 1.82) is 0 Å². The first-order valence-electron chi connectivity index (χ1n) is 9.35. The van der Waals surface area contributed by atoms with E-state index in [0.29, 0.717) is 18.8 Å². The number of thioether (sulfide) groups is 1. The number of rotatable bonds is 5. The molecular weight excluding hydrogens is 470 g/mol. The third kappa shape index (κ3) is 4.42. The van der Waals surface area contributed by atoms with Crippen LogP contribution in [0.3, 0.4) is 0 Å². The zero-order valence-corrected chi connectivity index (χ0v) is 19.5. The highest BCUT2D eigenvalue weighted by atomic mass is 79.9. The topological polar surface area (TPSA) is 84.1 Å². The predicted molar refractivity (Wildman–Crippen MR) is 124 cm³/mol. The highest BCUT2D eigenvalue weighted by Gasteiger charge is 2.27. The molecule has 3 heterocycles. The van der Waals surface area contributed by atoms with Gasteiger partial charge >= 0.3 is 0 Å². The molecule has 1 aliphatic rings. The van der Waals surface area contributed by atoms with Crippen molar-refractivity contribution in [2.24, 2.45) is 5.73 Å². The van der Waals surface area contributed by atoms with Crippen molar-refractivity contribution >= 4 is 61.0 Å². The number of amides is 1. The second kappa shape index (κ2) is 8.59. The summed E-state index contributed by atoms with van der Waals surface area (Å²) in [5, 5.41) is 4.28. The molecule has 0 spiro atoms. The van der Waals surface area contributed by atoms with Crippen LogP contribution in [0.2, 0.25) is 0 Å². The predicted octanol–water partition coefficient (Wildman–Crippen LogP) is 3.63. The second-order valence-electron chi connectivity index (χ2n) is 7.02. The second-order valence-corrected chi connectivity index (χ2v) is 10.2. The number of halogens is 1. The van der Waals surface area contributed by atoms with Gasteiger partial charge in [0.2, 0.25) is 5.91 Å². The third-order valence-electron chi connectivity index (χ3n) is 5.06. The van der Waals surface area contributed by atoms with Crippen LogP contribution in [0.25, 0.3) is 10.2 Å². The number of benzene rings is 1. The molecule has 3 aromatic rings. The lowest BCUT2D eigenvalue weighted by Gasteiger charge is -2.33. The van der Waals surface area contributed by atoms with E-state index in [-0.39, 0.29) is 11.9 Å². The van der Waals surface area contributed by atoms with E-state index in [1.54, 1.807) is 23.1 Å². The number of nitrogens with zero attached hydrogens (tertiary/aromatic N) is 3. The number of nitrogens with one attached hydrogen (secondary N) is 1. The van der Waals surface area contributed by atoms with Crippen molar-refractivity contribution in [1.82, 2.24) is 15.3 Å². The summed E-state index contributed by atoms with van der Waals surface area (Å²) >= 11 is 6.89. The number of anilines is 1. The molecule has 2 aromatic heterocycles. The molecule has 0 aliphatic carbocycles. The number of aromatic nitrogens is 2. The number of aryl methyl sites for hydroxylation is 2. The van der Waals surface area contributed by atoms with E-state index in [9.17, 15) is 4.79 Å². The Morgan fingerprint density at radius 1 is 1.34 bits per heavy atom. The molecule has 1 unspecified atom stereocenters. The number of carbonyl (C=O) groups excluding carboxylic acids is 1. The molecule has 0 saturated carbocycles. The van der Waals surface area contributed by atoms with Crippen LogP contribution in [0.4, 0.5) is 5.82 Å². The Morgan fingerprint density at radius 2 is 2.10 bits per heavy atom. The molecule has 1 saturated heterocycles. The lowest BCUT2D eigenvalue weighted by molar-refractivity contribution is -0.120. The van der Waals surface area contributed by atoms with Crippen molar-refractivity contribution < 1.29 is 4.79 Å². The zero-order chi connectivity index (χ0) is 20.5. The first kappa shape index (κ1) is 20.6. The Kier molecular flexibility index (Phi) is 6.10. The summed E-state index contributed by atoms with van der Waals surface area (Å²) in [5.41, 5.74) is 6.75. The minimum absolute atomic E-state index is 0.329. The highest BCUT2D eigenvalue weighted by Crippen LogP contribution is 2.36. The number of primary amides is 1. The Bertz CT molecular complexity index is 1050. The fraction of sp³-hybridized carbons (Fsp3) is 0.350. The van der Waals surface area contributed by atoms with Gasteiger partial charge in [0.1, 0.15) is 22.5 Å². The number of fused-ring (bicyclic) bond motifs is 1. The molecule has 0 bridgehead atoms. The summed E-state index contributed by atoms with van der Waals surface area (Å²) in [4.78, 5) is 27.1. The fourth-order valence-electron chi connectivity index (χ4n) is 3.38. The lowest BCUT2D eigenvalue weighted by Crippen LogP contribution is -2.56. The normalized spacial score (nSPS) is 17.1. The van der Waals surface area contributed by atoms with Crippen LogP contribution >= 0.6 is 39.0 Å². The summed E-state index contributed by atoms with van der Waals surface area (Å²) in [6.07, 6.45) is 0. The molecule has 1 amide bonds. The van der Waals surface area contributed by atoms with Gasteiger partial charge in [0.05, 0.1) is 11.1 Å². The summed E-state index contributed by atoms with van der Waals surface area (Å²) < 4.78 is 1.06. The van der Waals surface area contributed by atoms with E-state index < -0.39 is 0 Å². The van der Waals surface area contributed by atoms with Gasteiger partial charge in [-0.15, -0.1) is 23.1 Å². The minimum Gasteiger partial charge on any atom is -0.368 e. The van der Waals surface area contributed by atoms with Gasteiger partial charge in [-0.2, -0.15) is 0 Å². The van der Waals surface area contributed by atoms with E-state index in [1.165, 1.54) is 15.3 Å². The van der Waals surface area contributed by atoms with Crippen LogP contribution in [-0.4, -0.2) is 41.6 Å². The van der Waals surface area contributed by atoms with Crippen molar-refractivity contribution in [3.8, 4) is 0 Å². The maximum absolute atomic E-state index is 11.7. The summed E-state index contributed by atoms with van der Waals surface area (Å²) in [7, 11) is 0. The van der Waals surface area contributed by atoms with E-state index in [0.717, 1.165) is 32.9 Å². The van der Waals surface area contributed by atoms with Crippen LogP contribution < -0.4 is 16.0 Å². The van der Waals surface area contributed by atoms with Gasteiger partial charge in [-0.05, 0) is 43.7 Å². The molecule has 1 atom stereocenters. The molecule has 9 heteroatoms. The van der Waals surface area contributed by atoms with Crippen LogP contribution in [-0.2, 0) is 10.5 Å². The number of carbonyl (C=O) groups is 1. The van der Waals surface area contributed by atoms with Gasteiger partial charge in [0, 0.05) is 33.9 Å². The van der Waals surface area contributed by atoms with E-state index in [4.69, 9.17) is 15.7 Å². The Morgan fingerprint density at radius 3 is 2.83 bits per heavy atom. The molecule has 1 aliphatic heterocycles. The minimum atomic E-state index is -0.366. The maximum atomic E-state index is 11.7. The first-order chi connectivity index (χ1) is 13.9. The maximum Gasteiger partial charge on any atom is 0.236 e. The van der Waals surface area contributed by atoms with Gasteiger partial charge in [0.25, 0.3) is 0 Å². The number of piperazine rings is 1. The van der Waals surface area contributed by atoms with Crippen LogP contribution in [0.15, 0.2) is 33.6 Å². The smallest absolute Gasteiger partial charge is 0.236 e. The van der Waals surface area contributed by atoms with E-state index in [2.05, 4.69) is 52.1 Å². The molecule has 4 rings (SSSR count). The van der Waals surface area contributed by atoms with Crippen LogP contribution in [0.5, 0.6) is 0 Å². The fourth-order valence-corrected chi connectivity index (χ4v) is 5.44. The van der Waals surface area contributed by atoms with Gasteiger partial charge in [0.15, 0.2) is 0 Å². The van der Waals surface area contributed by atoms with E-state index >= 15 is 0 Å². The molecule has 6 nitrogen and oxygen atoms in total. The Labute approximate surface area is 186 Å². The van der Waals surface area contributed by atoms with E-state index in [1.807, 2.05) is 12.1 Å². The number of hydrogen-bond donors (Lipinski definition) is 2. The molecule has 1 fully saturated rings. The molecule has 152 valence electrons. The first-order valence-corrected chi connectivity index (χ1v) is 11.9. The van der Waals surface area contributed by atoms with Crippen LogP contribution in [0.1, 0.15) is 16.3 Å². The van der Waals surface area contributed by atoms with Gasteiger partial charge in [-0.25, -0.2) is 9.97 Å².